The van der Waals surface area contributed by atoms with Crippen molar-refractivity contribution in [3.8, 4) is 11.5 Å². The van der Waals surface area contributed by atoms with Gasteiger partial charge in [-0.25, -0.2) is 14.3 Å². The van der Waals surface area contributed by atoms with Gasteiger partial charge in [-0.2, -0.15) is 0 Å². The van der Waals surface area contributed by atoms with Crippen LogP contribution in [-0.2, 0) is 15.3 Å². The number of sulfone groups is 1. The molecule has 8 heteroatoms. The second-order valence-electron chi connectivity index (χ2n) is 7.64. The summed E-state index contributed by atoms with van der Waals surface area (Å²) in [4.78, 5) is 0.105. The van der Waals surface area contributed by atoms with Gasteiger partial charge in [0, 0.05) is 6.07 Å². The molecule has 0 saturated heterocycles. The minimum absolute atomic E-state index is 0.0867. The van der Waals surface area contributed by atoms with Crippen LogP contribution in [0.5, 0.6) is 11.5 Å². The number of ether oxygens (including phenoxy) is 2. The molecule has 0 saturated carbocycles. The maximum absolute atomic E-state index is 13.0. The van der Waals surface area contributed by atoms with Crippen LogP contribution in [0.4, 0.5) is 5.69 Å². The van der Waals surface area contributed by atoms with Gasteiger partial charge < -0.3 is 15.2 Å². The van der Waals surface area contributed by atoms with Crippen molar-refractivity contribution >= 4 is 15.5 Å². The summed E-state index contributed by atoms with van der Waals surface area (Å²) < 4.78 is 36.6. The highest BCUT2D eigenvalue weighted by molar-refractivity contribution is 7.95. The van der Waals surface area contributed by atoms with E-state index in [2.05, 4.69) is 20.8 Å². The van der Waals surface area contributed by atoms with Crippen molar-refractivity contribution in [2.24, 2.45) is 11.6 Å². The fourth-order valence-corrected chi connectivity index (χ4v) is 3.98. The molecule has 0 aliphatic carbocycles. The van der Waals surface area contributed by atoms with E-state index >= 15 is 0 Å². The smallest absolute Gasteiger partial charge is 0.223 e. The second kappa shape index (κ2) is 8.34. The largest absolute Gasteiger partial charge is 0.497 e. The lowest BCUT2D eigenvalue weighted by molar-refractivity contribution is 0.403. The first-order valence-electron chi connectivity index (χ1n) is 9.02. The molecule has 2 aromatic carbocycles. The third-order valence-corrected chi connectivity index (χ3v) is 6.45. The maximum Gasteiger partial charge on any atom is 0.223 e. The number of anilines is 1. The Kier molecular flexibility index (Phi) is 6.50. The Hall–Kier alpha value is -2.71. The van der Waals surface area contributed by atoms with Crippen LogP contribution in [-0.4, -0.2) is 22.6 Å². The van der Waals surface area contributed by atoms with Crippen LogP contribution >= 0.6 is 0 Å². The number of hydrogen-bond donors (Lipinski definition) is 2. The number of hydrogen-bond acceptors (Lipinski definition) is 7. The van der Waals surface area contributed by atoms with E-state index in [9.17, 15) is 8.42 Å². The fourth-order valence-electron chi connectivity index (χ4n) is 2.74. The molecule has 0 spiro atoms. The highest BCUT2D eigenvalue weighted by Crippen LogP contribution is 2.33. The number of nitrogens with zero attached hydrogens (tertiary/aromatic N) is 1. The lowest BCUT2D eigenvalue weighted by Crippen LogP contribution is -2.33. The van der Waals surface area contributed by atoms with Gasteiger partial charge in [0.05, 0.1) is 24.8 Å². The first kappa shape index (κ1) is 22.6. The van der Waals surface area contributed by atoms with Crippen molar-refractivity contribution < 1.29 is 17.9 Å². The molecule has 7 nitrogen and oxygen atoms in total. The molecule has 4 N–H and O–H groups in total. The molecule has 0 aliphatic heterocycles. The summed E-state index contributed by atoms with van der Waals surface area (Å²) in [6.45, 7) is 7.71. The number of nitrogens with two attached hydrogens (primary N) is 2. The third kappa shape index (κ3) is 4.65. The van der Waals surface area contributed by atoms with Crippen LogP contribution in [0.2, 0.25) is 0 Å². The summed E-state index contributed by atoms with van der Waals surface area (Å²) in [6.07, 6.45) is 0. The van der Waals surface area contributed by atoms with Gasteiger partial charge in [0.25, 0.3) is 0 Å². The average molecular weight is 420 g/mol. The van der Waals surface area contributed by atoms with Crippen molar-refractivity contribution in [2.75, 3.05) is 19.2 Å². The van der Waals surface area contributed by atoms with Crippen molar-refractivity contribution in [3.05, 3.63) is 58.8 Å². The van der Waals surface area contributed by atoms with Crippen molar-refractivity contribution in [3.63, 3.8) is 0 Å². The van der Waals surface area contributed by atoms with Crippen LogP contribution in [0.15, 0.2) is 58.1 Å². The molecule has 0 unspecified atom stereocenters. The van der Waals surface area contributed by atoms with Crippen molar-refractivity contribution in [1.29, 1.82) is 0 Å². The highest BCUT2D eigenvalue weighted by Gasteiger charge is 2.25. The molecule has 158 valence electrons. The monoisotopic (exact) mass is 419 g/mol. The van der Waals surface area contributed by atoms with Gasteiger partial charge in [0.15, 0.2) is 5.03 Å². The van der Waals surface area contributed by atoms with Gasteiger partial charge in [-0.3, -0.25) is 5.01 Å². The molecule has 0 bridgehead atoms. The minimum Gasteiger partial charge on any atom is -0.497 e. The quantitative estimate of drug-likeness (QED) is 0.546. The van der Waals surface area contributed by atoms with Crippen LogP contribution in [0.1, 0.15) is 33.3 Å². The molecule has 2 rings (SSSR count). The lowest BCUT2D eigenvalue weighted by atomic mass is 9.87. The van der Waals surface area contributed by atoms with E-state index in [0.29, 0.717) is 17.2 Å². The van der Waals surface area contributed by atoms with Crippen molar-refractivity contribution in [1.82, 2.24) is 0 Å². The van der Waals surface area contributed by atoms with Crippen molar-refractivity contribution in [2.45, 2.75) is 38.0 Å². The molecule has 0 aliphatic rings. The van der Waals surface area contributed by atoms with Gasteiger partial charge in [-0.05, 0) is 42.2 Å². The Balaban J connectivity index is 2.48. The minimum atomic E-state index is -3.93. The Morgan fingerprint density at radius 2 is 1.59 bits per heavy atom. The van der Waals surface area contributed by atoms with E-state index in [1.54, 1.807) is 42.5 Å². The van der Waals surface area contributed by atoms with Crippen LogP contribution in [0, 0.1) is 0 Å². The number of hydrazine groups is 1. The lowest BCUT2D eigenvalue weighted by Gasteiger charge is -2.24. The van der Waals surface area contributed by atoms with E-state index < -0.39 is 9.84 Å². The fraction of sp³-hybridized carbons (Fsp3) is 0.333. The zero-order chi connectivity index (χ0) is 22.0. The molecule has 0 amide bonds. The summed E-state index contributed by atoms with van der Waals surface area (Å²) >= 11 is 0. The average Bonchev–Trinajstić information content (AvgIpc) is 2.70. The van der Waals surface area contributed by atoms with Gasteiger partial charge in [0.2, 0.25) is 9.84 Å². The standard InChI is InChI=1S/C21H29N3O4S/c1-14(24(23)18-13-16(27-5)9-12-19(18)28-6)20(22)29(25,26)17-10-7-15(8-11-17)21(2,3)4/h7-13H,22-23H2,1-6H3/b20-14+. The Morgan fingerprint density at radius 3 is 2.07 bits per heavy atom. The molecular weight excluding hydrogens is 390 g/mol. The number of benzene rings is 2. The number of rotatable bonds is 6. The van der Waals surface area contributed by atoms with E-state index in [-0.39, 0.29) is 21.0 Å². The van der Waals surface area contributed by atoms with E-state index in [0.717, 1.165) is 5.56 Å². The van der Waals surface area contributed by atoms with Gasteiger partial charge >= 0.3 is 0 Å². The third-order valence-electron chi connectivity index (χ3n) is 4.68. The Morgan fingerprint density at radius 1 is 1.00 bits per heavy atom. The summed E-state index contributed by atoms with van der Waals surface area (Å²) in [6, 6.07) is 11.7. The Bertz CT molecular complexity index is 1010. The van der Waals surface area contributed by atoms with E-state index in [4.69, 9.17) is 21.1 Å². The summed E-state index contributed by atoms with van der Waals surface area (Å²) in [7, 11) is -0.907. The SMILES string of the molecule is COc1ccc(OC)c(N(N)/C(C)=C(\N)S(=O)(=O)c2ccc(C(C)(C)C)cc2)c1. The zero-order valence-corrected chi connectivity index (χ0v) is 18.5. The number of methoxy groups -OCH3 is 2. The molecular formula is C21H29N3O4S. The first-order chi connectivity index (χ1) is 13.4. The normalized spacial score (nSPS) is 12.9. The molecule has 0 aromatic heterocycles. The summed E-state index contributed by atoms with van der Waals surface area (Å²) in [5, 5.41) is 0.839. The van der Waals surface area contributed by atoms with E-state index in [1.165, 1.54) is 26.2 Å². The second-order valence-corrected chi connectivity index (χ2v) is 9.55. The van der Waals surface area contributed by atoms with Crippen LogP contribution < -0.4 is 26.1 Å². The van der Waals surface area contributed by atoms with Gasteiger partial charge in [-0.1, -0.05) is 32.9 Å². The number of allylic oxidation sites excluding steroid dienone is 1. The molecule has 0 fully saturated rings. The van der Waals surface area contributed by atoms with Gasteiger partial charge in [0.1, 0.15) is 17.2 Å². The zero-order valence-electron chi connectivity index (χ0n) is 17.7. The molecule has 0 heterocycles. The molecule has 2 aromatic rings. The van der Waals surface area contributed by atoms with Gasteiger partial charge in [-0.15, -0.1) is 0 Å². The molecule has 0 radical (unpaired) electrons. The molecule has 0 atom stereocenters. The molecule has 29 heavy (non-hydrogen) atoms. The summed E-state index contributed by atoms with van der Waals surface area (Å²) in [5.41, 5.74) is 7.57. The maximum atomic E-state index is 13.0. The predicted octanol–water partition coefficient (Wildman–Crippen LogP) is 3.30. The predicted molar refractivity (Wildman–Crippen MR) is 115 cm³/mol. The van der Waals surface area contributed by atoms with Crippen LogP contribution in [0.3, 0.4) is 0 Å². The Labute approximate surface area is 172 Å². The van der Waals surface area contributed by atoms with E-state index in [1.807, 2.05) is 0 Å². The summed E-state index contributed by atoms with van der Waals surface area (Å²) in [5.74, 6) is 7.19. The highest BCUT2D eigenvalue weighted by atomic mass is 32.2. The topological polar surface area (TPSA) is 108 Å². The van der Waals surface area contributed by atoms with Crippen LogP contribution in [0.25, 0.3) is 0 Å². The first-order valence-corrected chi connectivity index (χ1v) is 10.5.